The lowest BCUT2D eigenvalue weighted by atomic mass is 9.93. The van der Waals surface area contributed by atoms with E-state index in [1.54, 1.807) is 0 Å². The lowest BCUT2D eigenvalue weighted by Gasteiger charge is -2.36. The quantitative estimate of drug-likeness (QED) is 0.763. The third kappa shape index (κ3) is 6.26. The zero-order chi connectivity index (χ0) is 18.2. The Morgan fingerprint density at radius 2 is 2.08 bits per heavy atom. The standard InChI is InChI=1S/C21H32ClN3O/c22-19-5-3-4-18(14-19)16-25-13-2-1-6-20(25)15-24-21(26)8-7-17-9-11-23-12-10-17/h3-5,14,17,20,23H,1-2,6-13,15-16H2,(H,24,26). The van der Waals surface area contributed by atoms with E-state index < -0.39 is 0 Å². The highest BCUT2D eigenvalue weighted by atomic mass is 35.5. The number of likely N-dealkylation sites (tertiary alicyclic amines) is 1. The van der Waals surface area contributed by atoms with Gasteiger partial charge in [-0.1, -0.05) is 30.2 Å². The third-order valence-electron chi connectivity index (χ3n) is 5.80. The number of halogens is 1. The Bertz CT molecular complexity index is 574. The zero-order valence-electron chi connectivity index (χ0n) is 15.7. The van der Waals surface area contributed by atoms with Gasteiger partial charge in [0.05, 0.1) is 0 Å². The molecule has 2 fully saturated rings. The summed E-state index contributed by atoms with van der Waals surface area (Å²) in [5, 5.41) is 7.37. The number of carbonyl (C=O) groups is 1. The Balaban J connectivity index is 1.43. The fourth-order valence-electron chi connectivity index (χ4n) is 4.19. The minimum atomic E-state index is 0.219. The summed E-state index contributed by atoms with van der Waals surface area (Å²) in [5.74, 6) is 0.938. The number of hydrogen-bond donors (Lipinski definition) is 2. The van der Waals surface area contributed by atoms with Crippen LogP contribution in [0.5, 0.6) is 0 Å². The van der Waals surface area contributed by atoms with Gasteiger partial charge >= 0.3 is 0 Å². The molecule has 1 unspecified atom stereocenters. The highest BCUT2D eigenvalue weighted by molar-refractivity contribution is 6.30. The molecular weight excluding hydrogens is 346 g/mol. The Hall–Kier alpha value is -1.10. The molecule has 1 atom stereocenters. The van der Waals surface area contributed by atoms with E-state index in [9.17, 15) is 4.79 Å². The van der Waals surface area contributed by atoms with Crippen LogP contribution in [0.4, 0.5) is 0 Å². The van der Waals surface area contributed by atoms with Gasteiger partial charge in [0.15, 0.2) is 0 Å². The van der Waals surface area contributed by atoms with E-state index in [0.717, 1.165) is 56.5 Å². The van der Waals surface area contributed by atoms with E-state index in [1.165, 1.54) is 31.2 Å². The number of carbonyl (C=O) groups excluding carboxylic acids is 1. The predicted molar refractivity (Wildman–Crippen MR) is 107 cm³/mol. The second-order valence-corrected chi connectivity index (χ2v) is 8.22. The molecule has 2 aliphatic heterocycles. The van der Waals surface area contributed by atoms with E-state index in [2.05, 4.69) is 21.6 Å². The summed E-state index contributed by atoms with van der Waals surface area (Å²) >= 11 is 6.12. The fraction of sp³-hybridized carbons (Fsp3) is 0.667. The van der Waals surface area contributed by atoms with Crippen molar-refractivity contribution in [3.63, 3.8) is 0 Å². The van der Waals surface area contributed by atoms with E-state index in [0.29, 0.717) is 12.5 Å². The van der Waals surface area contributed by atoms with Crippen molar-refractivity contribution in [1.82, 2.24) is 15.5 Å². The van der Waals surface area contributed by atoms with Crippen molar-refractivity contribution < 1.29 is 4.79 Å². The average Bonchev–Trinajstić information content (AvgIpc) is 2.66. The molecule has 2 saturated heterocycles. The molecule has 0 aliphatic carbocycles. The number of nitrogens with zero attached hydrogens (tertiary/aromatic N) is 1. The summed E-state index contributed by atoms with van der Waals surface area (Å²) in [5.41, 5.74) is 1.25. The van der Waals surface area contributed by atoms with Crippen LogP contribution in [0.3, 0.4) is 0 Å². The van der Waals surface area contributed by atoms with Crippen LogP contribution in [-0.4, -0.2) is 43.0 Å². The molecule has 2 aliphatic rings. The maximum absolute atomic E-state index is 12.3. The minimum Gasteiger partial charge on any atom is -0.355 e. The van der Waals surface area contributed by atoms with Gasteiger partial charge in [0.2, 0.25) is 5.91 Å². The third-order valence-corrected chi connectivity index (χ3v) is 6.03. The number of rotatable bonds is 7. The second kappa shape index (κ2) is 10.3. The smallest absolute Gasteiger partial charge is 0.220 e. The van der Waals surface area contributed by atoms with Crippen LogP contribution in [0.25, 0.3) is 0 Å². The molecule has 2 N–H and O–H groups in total. The van der Waals surface area contributed by atoms with Crippen LogP contribution in [0, 0.1) is 5.92 Å². The van der Waals surface area contributed by atoms with E-state index in [1.807, 2.05) is 18.2 Å². The largest absolute Gasteiger partial charge is 0.355 e. The molecule has 4 nitrogen and oxygen atoms in total. The maximum atomic E-state index is 12.3. The topological polar surface area (TPSA) is 44.4 Å². The minimum absolute atomic E-state index is 0.219. The zero-order valence-corrected chi connectivity index (χ0v) is 16.4. The molecule has 1 aromatic carbocycles. The number of nitrogens with one attached hydrogen (secondary N) is 2. The van der Waals surface area contributed by atoms with Gasteiger partial charge in [0, 0.05) is 30.6 Å². The lowest BCUT2D eigenvalue weighted by Crippen LogP contribution is -2.46. The van der Waals surface area contributed by atoms with Gasteiger partial charge in [-0.3, -0.25) is 9.69 Å². The Morgan fingerprint density at radius 1 is 1.23 bits per heavy atom. The summed E-state index contributed by atoms with van der Waals surface area (Å²) < 4.78 is 0. The van der Waals surface area contributed by atoms with Gasteiger partial charge < -0.3 is 10.6 Å². The van der Waals surface area contributed by atoms with Crippen LogP contribution < -0.4 is 10.6 Å². The van der Waals surface area contributed by atoms with Crippen LogP contribution in [0.1, 0.15) is 50.5 Å². The van der Waals surface area contributed by atoms with Crippen molar-refractivity contribution in [1.29, 1.82) is 0 Å². The van der Waals surface area contributed by atoms with E-state index >= 15 is 0 Å². The molecule has 1 amide bonds. The fourth-order valence-corrected chi connectivity index (χ4v) is 4.41. The highest BCUT2D eigenvalue weighted by Gasteiger charge is 2.23. The molecule has 0 spiro atoms. The summed E-state index contributed by atoms with van der Waals surface area (Å²) in [6.07, 6.45) is 7.78. The molecule has 26 heavy (non-hydrogen) atoms. The van der Waals surface area contributed by atoms with Gasteiger partial charge in [0.25, 0.3) is 0 Å². The second-order valence-electron chi connectivity index (χ2n) is 7.79. The van der Waals surface area contributed by atoms with Gasteiger partial charge in [-0.15, -0.1) is 0 Å². The molecule has 2 heterocycles. The van der Waals surface area contributed by atoms with Crippen molar-refractivity contribution in [3.8, 4) is 0 Å². The van der Waals surface area contributed by atoms with Gasteiger partial charge in [0.1, 0.15) is 0 Å². The molecule has 0 aromatic heterocycles. The molecule has 5 heteroatoms. The van der Waals surface area contributed by atoms with Gasteiger partial charge in [-0.2, -0.15) is 0 Å². The molecule has 0 radical (unpaired) electrons. The lowest BCUT2D eigenvalue weighted by molar-refractivity contribution is -0.121. The number of piperidine rings is 2. The molecule has 1 aromatic rings. The Labute approximate surface area is 162 Å². The predicted octanol–water partition coefficient (Wildman–Crippen LogP) is 3.59. The summed E-state index contributed by atoms with van der Waals surface area (Å²) in [6.45, 7) is 4.99. The Morgan fingerprint density at radius 3 is 2.88 bits per heavy atom. The maximum Gasteiger partial charge on any atom is 0.220 e. The number of hydrogen-bond acceptors (Lipinski definition) is 3. The first-order chi connectivity index (χ1) is 12.7. The summed E-state index contributed by atoms with van der Waals surface area (Å²) in [4.78, 5) is 14.8. The first-order valence-corrected chi connectivity index (χ1v) is 10.5. The van der Waals surface area contributed by atoms with Crippen molar-refractivity contribution in [2.45, 2.75) is 57.5 Å². The van der Waals surface area contributed by atoms with Crippen molar-refractivity contribution in [3.05, 3.63) is 34.9 Å². The van der Waals surface area contributed by atoms with E-state index in [4.69, 9.17) is 11.6 Å². The van der Waals surface area contributed by atoms with Gasteiger partial charge in [-0.05, 0) is 75.4 Å². The number of benzene rings is 1. The number of amides is 1. The first kappa shape index (κ1) is 19.7. The van der Waals surface area contributed by atoms with Crippen LogP contribution in [0.2, 0.25) is 5.02 Å². The van der Waals surface area contributed by atoms with Crippen LogP contribution >= 0.6 is 11.6 Å². The molecule has 3 rings (SSSR count). The van der Waals surface area contributed by atoms with Crippen molar-refractivity contribution in [2.75, 3.05) is 26.2 Å². The Kier molecular flexibility index (Phi) is 7.78. The summed E-state index contributed by atoms with van der Waals surface area (Å²) in [7, 11) is 0. The van der Waals surface area contributed by atoms with Gasteiger partial charge in [-0.25, -0.2) is 0 Å². The molecular formula is C21H32ClN3O. The van der Waals surface area contributed by atoms with Crippen LogP contribution in [0.15, 0.2) is 24.3 Å². The molecule has 0 bridgehead atoms. The van der Waals surface area contributed by atoms with E-state index in [-0.39, 0.29) is 5.91 Å². The van der Waals surface area contributed by atoms with Crippen LogP contribution in [-0.2, 0) is 11.3 Å². The monoisotopic (exact) mass is 377 g/mol. The summed E-state index contributed by atoms with van der Waals surface area (Å²) in [6, 6.07) is 8.55. The molecule has 0 saturated carbocycles. The first-order valence-electron chi connectivity index (χ1n) is 10.2. The average molecular weight is 378 g/mol. The normalized spacial score (nSPS) is 22.3. The van der Waals surface area contributed by atoms with Crippen molar-refractivity contribution in [2.24, 2.45) is 5.92 Å². The SMILES string of the molecule is O=C(CCC1CCNCC1)NCC1CCCCN1Cc1cccc(Cl)c1. The van der Waals surface area contributed by atoms with Crippen molar-refractivity contribution >= 4 is 17.5 Å². The molecule has 144 valence electrons. The highest BCUT2D eigenvalue weighted by Crippen LogP contribution is 2.21.